The van der Waals surface area contributed by atoms with Crippen LogP contribution in [-0.4, -0.2) is 21.6 Å². The van der Waals surface area contributed by atoms with Gasteiger partial charge < -0.3 is 10.1 Å². The van der Waals surface area contributed by atoms with E-state index in [0.717, 1.165) is 12.2 Å². The second-order valence-electron chi connectivity index (χ2n) is 5.12. The van der Waals surface area contributed by atoms with E-state index in [0.29, 0.717) is 5.88 Å². The zero-order valence-electron chi connectivity index (χ0n) is 10.7. The van der Waals surface area contributed by atoms with Gasteiger partial charge in [0.15, 0.2) is 0 Å². The maximum absolute atomic E-state index is 5.42. The van der Waals surface area contributed by atoms with E-state index in [2.05, 4.69) is 36.1 Å². The second-order valence-corrected chi connectivity index (χ2v) is 5.12. The third-order valence-electron chi connectivity index (χ3n) is 1.84. The van der Waals surface area contributed by atoms with Gasteiger partial charge in [0, 0.05) is 12.1 Å². The SMILES string of the molecule is CC(C)Oc1cnc(CNC(C)(C)C)cn1. The van der Waals surface area contributed by atoms with Gasteiger partial charge in [0.1, 0.15) is 0 Å². The molecule has 1 aromatic rings. The fourth-order valence-corrected chi connectivity index (χ4v) is 1.09. The fraction of sp³-hybridized carbons (Fsp3) is 0.667. The van der Waals surface area contributed by atoms with Gasteiger partial charge in [-0.05, 0) is 34.6 Å². The van der Waals surface area contributed by atoms with Gasteiger partial charge in [-0.1, -0.05) is 0 Å². The normalized spacial score (nSPS) is 11.9. The third kappa shape index (κ3) is 5.07. The van der Waals surface area contributed by atoms with Crippen molar-refractivity contribution >= 4 is 0 Å². The minimum absolute atomic E-state index is 0.0920. The molecular formula is C12H21N3O. The first-order valence-corrected chi connectivity index (χ1v) is 5.59. The molecule has 0 saturated heterocycles. The van der Waals surface area contributed by atoms with Crippen molar-refractivity contribution in [2.45, 2.75) is 52.8 Å². The molecular weight excluding hydrogens is 202 g/mol. The van der Waals surface area contributed by atoms with Gasteiger partial charge in [0.25, 0.3) is 0 Å². The quantitative estimate of drug-likeness (QED) is 0.849. The number of hydrogen-bond acceptors (Lipinski definition) is 4. The molecule has 0 amide bonds. The van der Waals surface area contributed by atoms with Crippen molar-refractivity contribution in [3.8, 4) is 5.88 Å². The van der Waals surface area contributed by atoms with Crippen LogP contribution in [0, 0.1) is 0 Å². The highest BCUT2D eigenvalue weighted by Crippen LogP contribution is 2.07. The summed E-state index contributed by atoms with van der Waals surface area (Å²) in [7, 11) is 0. The van der Waals surface area contributed by atoms with Crippen molar-refractivity contribution in [3.63, 3.8) is 0 Å². The Bertz CT molecular complexity index is 314. The molecule has 4 nitrogen and oxygen atoms in total. The molecule has 0 fully saturated rings. The summed E-state index contributed by atoms with van der Waals surface area (Å²) in [4.78, 5) is 8.48. The van der Waals surface area contributed by atoms with E-state index in [4.69, 9.17) is 4.74 Å². The molecule has 0 bridgehead atoms. The summed E-state index contributed by atoms with van der Waals surface area (Å²) in [6, 6.07) is 0. The van der Waals surface area contributed by atoms with Gasteiger partial charge in [0.2, 0.25) is 5.88 Å². The average Bonchev–Trinajstić information content (AvgIpc) is 2.14. The fourth-order valence-electron chi connectivity index (χ4n) is 1.09. The number of rotatable bonds is 4. The predicted molar refractivity (Wildman–Crippen MR) is 64.4 cm³/mol. The lowest BCUT2D eigenvalue weighted by atomic mass is 10.1. The molecule has 1 rings (SSSR count). The zero-order valence-corrected chi connectivity index (χ0v) is 10.7. The molecule has 0 atom stereocenters. The van der Waals surface area contributed by atoms with Crippen LogP contribution in [0.4, 0.5) is 0 Å². The van der Waals surface area contributed by atoms with E-state index >= 15 is 0 Å². The zero-order chi connectivity index (χ0) is 12.2. The summed E-state index contributed by atoms with van der Waals surface area (Å²) < 4.78 is 5.42. The molecule has 4 heteroatoms. The van der Waals surface area contributed by atoms with Crippen LogP contribution in [0.25, 0.3) is 0 Å². The van der Waals surface area contributed by atoms with E-state index in [1.54, 1.807) is 12.4 Å². The largest absolute Gasteiger partial charge is 0.474 e. The first-order chi connectivity index (χ1) is 7.37. The predicted octanol–water partition coefficient (Wildman–Crippen LogP) is 2.15. The number of nitrogens with zero attached hydrogens (tertiary/aromatic N) is 2. The molecule has 1 N–H and O–H groups in total. The van der Waals surface area contributed by atoms with Gasteiger partial charge in [-0.3, -0.25) is 4.98 Å². The number of ether oxygens (including phenoxy) is 1. The summed E-state index contributed by atoms with van der Waals surface area (Å²) in [5.74, 6) is 0.578. The highest BCUT2D eigenvalue weighted by atomic mass is 16.5. The maximum Gasteiger partial charge on any atom is 0.232 e. The van der Waals surface area contributed by atoms with Crippen LogP contribution in [0.15, 0.2) is 12.4 Å². The summed E-state index contributed by atoms with van der Waals surface area (Å²) >= 11 is 0. The Hall–Kier alpha value is -1.16. The monoisotopic (exact) mass is 223 g/mol. The summed E-state index contributed by atoms with van der Waals surface area (Å²) in [6.45, 7) is 11.0. The van der Waals surface area contributed by atoms with Gasteiger partial charge >= 0.3 is 0 Å². The molecule has 0 aliphatic heterocycles. The van der Waals surface area contributed by atoms with Gasteiger partial charge in [-0.15, -0.1) is 0 Å². The number of hydrogen-bond donors (Lipinski definition) is 1. The van der Waals surface area contributed by atoms with Crippen molar-refractivity contribution in [1.82, 2.24) is 15.3 Å². The van der Waals surface area contributed by atoms with Gasteiger partial charge in [-0.2, -0.15) is 0 Å². The maximum atomic E-state index is 5.42. The van der Waals surface area contributed by atoms with E-state index in [9.17, 15) is 0 Å². The smallest absolute Gasteiger partial charge is 0.232 e. The Morgan fingerprint density at radius 2 is 1.94 bits per heavy atom. The molecule has 90 valence electrons. The van der Waals surface area contributed by atoms with Crippen molar-refractivity contribution in [2.75, 3.05) is 0 Å². The third-order valence-corrected chi connectivity index (χ3v) is 1.84. The summed E-state index contributed by atoms with van der Waals surface area (Å²) in [5.41, 5.74) is 1.01. The van der Waals surface area contributed by atoms with E-state index < -0.39 is 0 Å². The summed E-state index contributed by atoms with van der Waals surface area (Å²) in [6.07, 6.45) is 3.55. The molecule has 0 unspecified atom stereocenters. The molecule has 0 aromatic carbocycles. The lowest BCUT2D eigenvalue weighted by Crippen LogP contribution is -2.35. The lowest BCUT2D eigenvalue weighted by molar-refractivity contribution is 0.231. The molecule has 0 aliphatic rings. The Morgan fingerprint density at radius 1 is 1.25 bits per heavy atom. The summed E-state index contributed by atoms with van der Waals surface area (Å²) in [5, 5.41) is 3.36. The molecule has 1 heterocycles. The first kappa shape index (κ1) is 12.9. The van der Waals surface area contributed by atoms with Gasteiger partial charge in [-0.25, -0.2) is 4.98 Å². The average molecular weight is 223 g/mol. The van der Waals surface area contributed by atoms with Crippen LogP contribution in [0.1, 0.15) is 40.3 Å². The van der Waals surface area contributed by atoms with Crippen molar-refractivity contribution in [3.05, 3.63) is 18.1 Å². The number of nitrogens with one attached hydrogen (secondary N) is 1. The number of aromatic nitrogens is 2. The van der Waals surface area contributed by atoms with Crippen LogP contribution < -0.4 is 10.1 Å². The van der Waals surface area contributed by atoms with Gasteiger partial charge in [0.05, 0.1) is 24.2 Å². The second kappa shape index (κ2) is 5.25. The van der Waals surface area contributed by atoms with E-state index in [1.165, 1.54) is 0 Å². The topological polar surface area (TPSA) is 47.0 Å². The minimum atomic E-state index is 0.0920. The Kier molecular flexibility index (Phi) is 4.24. The Balaban J connectivity index is 2.51. The van der Waals surface area contributed by atoms with E-state index in [-0.39, 0.29) is 11.6 Å². The highest BCUT2D eigenvalue weighted by molar-refractivity contribution is 5.07. The molecule has 0 aliphatic carbocycles. The highest BCUT2D eigenvalue weighted by Gasteiger charge is 2.09. The van der Waals surface area contributed by atoms with Crippen molar-refractivity contribution < 1.29 is 4.74 Å². The molecule has 0 radical (unpaired) electrons. The van der Waals surface area contributed by atoms with Crippen molar-refractivity contribution in [2.24, 2.45) is 0 Å². The first-order valence-electron chi connectivity index (χ1n) is 5.59. The van der Waals surface area contributed by atoms with Crippen LogP contribution in [0.2, 0.25) is 0 Å². The standard InChI is InChI=1S/C12H21N3O/c1-9(2)16-11-8-13-10(6-14-11)7-15-12(3,4)5/h6,8-9,15H,7H2,1-5H3. The Labute approximate surface area is 97.5 Å². The Morgan fingerprint density at radius 3 is 2.38 bits per heavy atom. The van der Waals surface area contributed by atoms with Crippen LogP contribution in [-0.2, 0) is 6.54 Å². The van der Waals surface area contributed by atoms with Crippen molar-refractivity contribution in [1.29, 1.82) is 0 Å². The van der Waals surface area contributed by atoms with Crippen LogP contribution in [0.5, 0.6) is 5.88 Å². The molecule has 0 spiro atoms. The molecule has 0 saturated carbocycles. The lowest BCUT2D eigenvalue weighted by Gasteiger charge is -2.20. The van der Waals surface area contributed by atoms with Crippen LogP contribution in [0.3, 0.4) is 0 Å². The minimum Gasteiger partial charge on any atom is -0.474 e. The molecule has 1 aromatic heterocycles. The van der Waals surface area contributed by atoms with E-state index in [1.807, 2.05) is 13.8 Å². The van der Waals surface area contributed by atoms with Crippen LogP contribution >= 0.6 is 0 Å². The molecule has 16 heavy (non-hydrogen) atoms.